The van der Waals surface area contributed by atoms with E-state index in [0.717, 1.165) is 11.3 Å². The fraction of sp³-hybridized carbons (Fsp3) is 0.182. The third-order valence-electron chi connectivity index (χ3n) is 2.10. The molecule has 0 aliphatic carbocycles. The van der Waals surface area contributed by atoms with Crippen LogP contribution in [0.5, 0.6) is 5.75 Å². The van der Waals surface area contributed by atoms with Gasteiger partial charge in [0.2, 0.25) is 0 Å². The zero-order chi connectivity index (χ0) is 11.5. The van der Waals surface area contributed by atoms with Crippen molar-refractivity contribution in [2.24, 2.45) is 0 Å². The number of anilines is 1. The lowest BCUT2D eigenvalue weighted by Crippen LogP contribution is -2.06. The lowest BCUT2D eigenvalue weighted by molar-refractivity contribution is 0.221. The van der Waals surface area contributed by atoms with E-state index in [9.17, 15) is 0 Å². The maximum atomic E-state index is 5.77. The molecule has 0 radical (unpaired) electrons. The van der Waals surface area contributed by atoms with Gasteiger partial charge in [0, 0.05) is 6.20 Å². The number of nitrogen functional groups attached to an aromatic ring is 1. The summed E-state index contributed by atoms with van der Waals surface area (Å²) in [7, 11) is 0. The summed E-state index contributed by atoms with van der Waals surface area (Å²) in [4.78, 5) is 0. The number of nitrogens with two attached hydrogens (primary N) is 1. The molecule has 0 spiro atoms. The molecule has 2 aromatic rings. The van der Waals surface area contributed by atoms with Crippen LogP contribution in [-0.4, -0.2) is 9.78 Å². The maximum Gasteiger partial charge on any atom is 0.181 e. The van der Waals surface area contributed by atoms with Gasteiger partial charge in [-0.25, -0.2) is 4.68 Å². The topological polar surface area (TPSA) is 53.1 Å². The molecule has 16 heavy (non-hydrogen) atoms. The van der Waals surface area contributed by atoms with Crippen molar-refractivity contribution in [3.05, 3.63) is 41.0 Å². The molecule has 1 heterocycles. The summed E-state index contributed by atoms with van der Waals surface area (Å²) >= 11 is 5.77. The Hall–Kier alpha value is -1.68. The lowest BCUT2D eigenvalue weighted by atomic mass is 10.2. The second-order valence-corrected chi connectivity index (χ2v) is 3.90. The quantitative estimate of drug-likeness (QED) is 0.892. The van der Waals surface area contributed by atoms with Crippen LogP contribution in [0.3, 0.4) is 0 Å². The molecule has 84 valence electrons. The van der Waals surface area contributed by atoms with E-state index in [-0.39, 0.29) is 0 Å². The van der Waals surface area contributed by atoms with Crippen LogP contribution in [0.15, 0.2) is 30.5 Å². The summed E-state index contributed by atoms with van der Waals surface area (Å²) in [5.41, 5.74) is 6.66. The molecule has 1 aromatic carbocycles. The Kier molecular flexibility index (Phi) is 3.01. The second-order valence-electron chi connectivity index (χ2n) is 3.49. The molecule has 0 bridgehead atoms. The highest BCUT2D eigenvalue weighted by Crippen LogP contribution is 2.16. The van der Waals surface area contributed by atoms with Crippen molar-refractivity contribution < 1.29 is 4.74 Å². The summed E-state index contributed by atoms with van der Waals surface area (Å²) in [5, 5.41) is 4.42. The monoisotopic (exact) mass is 237 g/mol. The number of nitrogens with zero attached hydrogens (tertiary/aromatic N) is 2. The van der Waals surface area contributed by atoms with E-state index in [1.165, 1.54) is 0 Å². The van der Waals surface area contributed by atoms with Gasteiger partial charge in [-0.3, -0.25) is 0 Å². The molecule has 5 heteroatoms. The molecule has 1 aromatic heterocycles. The van der Waals surface area contributed by atoms with Gasteiger partial charge in [-0.05, 0) is 24.6 Å². The highest BCUT2D eigenvalue weighted by Gasteiger charge is 2.02. The Balaban J connectivity index is 2.02. The molecule has 0 saturated heterocycles. The van der Waals surface area contributed by atoms with Gasteiger partial charge in [0.25, 0.3) is 0 Å². The average Bonchev–Trinajstić information content (AvgIpc) is 2.56. The van der Waals surface area contributed by atoms with Crippen molar-refractivity contribution in [1.29, 1.82) is 0 Å². The predicted molar refractivity (Wildman–Crippen MR) is 63.5 cm³/mol. The first-order chi connectivity index (χ1) is 7.65. The molecule has 0 aliphatic heterocycles. The van der Waals surface area contributed by atoms with E-state index < -0.39 is 0 Å². The Labute approximate surface area is 98.6 Å². The highest BCUT2D eigenvalue weighted by atomic mass is 35.5. The Bertz CT molecular complexity index is 476. The third kappa shape index (κ3) is 2.46. The van der Waals surface area contributed by atoms with Crippen molar-refractivity contribution in [3.63, 3.8) is 0 Å². The van der Waals surface area contributed by atoms with Crippen LogP contribution < -0.4 is 10.5 Å². The van der Waals surface area contributed by atoms with E-state index in [2.05, 4.69) is 5.10 Å². The van der Waals surface area contributed by atoms with Crippen LogP contribution in [0.25, 0.3) is 0 Å². The number of hydrogen-bond donors (Lipinski definition) is 1. The molecule has 2 N–H and O–H groups in total. The summed E-state index contributed by atoms with van der Waals surface area (Å²) in [6.45, 7) is 2.30. The highest BCUT2D eigenvalue weighted by molar-refractivity contribution is 6.32. The van der Waals surface area contributed by atoms with Gasteiger partial charge < -0.3 is 10.5 Å². The zero-order valence-corrected chi connectivity index (χ0v) is 9.61. The van der Waals surface area contributed by atoms with Gasteiger partial charge in [-0.15, -0.1) is 0 Å². The SMILES string of the molecule is Cc1cccc(OCn2cc(Cl)c(N)n2)c1. The third-order valence-corrected chi connectivity index (χ3v) is 2.39. The minimum atomic E-state index is 0.292. The number of ether oxygens (including phenoxy) is 1. The number of hydrogen-bond acceptors (Lipinski definition) is 3. The molecule has 2 rings (SSSR count). The zero-order valence-electron chi connectivity index (χ0n) is 8.85. The molecule has 0 saturated carbocycles. The van der Waals surface area contributed by atoms with Crippen LogP contribution in [0.1, 0.15) is 5.56 Å². The predicted octanol–water partition coefficient (Wildman–Crippen LogP) is 2.46. The van der Waals surface area contributed by atoms with Crippen molar-refractivity contribution in [2.45, 2.75) is 13.7 Å². The Morgan fingerprint density at radius 1 is 1.50 bits per heavy atom. The van der Waals surface area contributed by atoms with E-state index in [1.807, 2.05) is 31.2 Å². The average molecular weight is 238 g/mol. The minimum Gasteiger partial charge on any atom is -0.471 e. The number of rotatable bonds is 3. The molecular formula is C11H12ClN3O. The number of aryl methyl sites for hydroxylation is 1. The summed E-state index contributed by atoms with van der Waals surface area (Å²) in [6.07, 6.45) is 1.63. The maximum absolute atomic E-state index is 5.77. The largest absolute Gasteiger partial charge is 0.471 e. The molecule has 0 amide bonds. The number of halogens is 1. The number of aromatic nitrogens is 2. The standard InChI is InChI=1S/C11H12ClN3O/c1-8-3-2-4-9(5-8)16-7-15-6-10(12)11(13)14-15/h2-6H,7H2,1H3,(H2,13,14). The second kappa shape index (κ2) is 4.45. The Morgan fingerprint density at radius 2 is 2.31 bits per heavy atom. The Morgan fingerprint density at radius 3 is 2.94 bits per heavy atom. The van der Waals surface area contributed by atoms with Crippen LogP contribution in [0, 0.1) is 6.92 Å². The summed E-state index contributed by atoms with van der Waals surface area (Å²) < 4.78 is 7.08. The molecule has 0 fully saturated rings. The van der Waals surface area contributed by atoms with Gasteiger partial charge in [0.1, 0.15) is 10.8 Å². The first-order valence-corrected chi connectivity index (χ1v) is 5.21. The van der Waals surface area contributed by atoms with E-state index >= 15 is 0 Å². The van der Waals surface area contributed by atoms with Crippen LogP contribution in [-0.2, 0) is 6.73 Å². The van der Waals surface area contributed by atoms with Gasteiger partial charge >= 0.3 is 0 Å². The normalized spacial score (nSPS) is 10.4. The van der Waals surface area contributed by atoms with E-state index in [4.69, 9.17) is 22.1 Å². The fourth-order valence-corrected chi connectivity index (χ4v) is 1.47. The van der Waals surface area contributed by atoms with Gasteiger partial charge in [0.05, 0.1) is 0 Å². The van der Waals surface area contributed by atoms with Gasteiger partial charge in [-0.1, -0.05) is 23.7 Å². The van der Waals surface area contributed by atoms with E-state index in [1.54, 1.807) is 10.9 Å². The van der Waals surface area contributed by atoms with Crippen LogP contribution >= 0.6 is 11.6 Å². The molecule has 0 atom stereocenters. The minimum absolute atomic E-state index is 0.292. The first kappa shape index (κ1) is 10.8. The van der Waals surface area contributed by atoms with Crippen molar-refractivity contribution in [2.75, 3.05) is 5.73 Å². The van der Waals surface area contributed by atoms with Crippen molar-refractivity contribution >= 4 is 17.4 Å². The molecule has 0 unspecified atom stereocenters. The molecule has 0 aliphatic rings. The molecule has 4 nitrogen and oxygen atoms in total. The van der Waals surface area contributed by atoms with Crippen LogP contribution in [0.4, 0.5) is 5.82 Å². The molecular weight excluding hydrogens is 226 g/mol. The fourth-order valence-electron chi connectivity index (χ4n) is 1.32. The van der Waals surface area contributed by atoms with Crippen molar-refractivity contribution in [3.8, 4) is 5.75 Å². The van der Waals surface area contributed by atoms with Crippen LogP contribution in [0.2, 0.25) is 5.02 Å². The van der Waals surface area contributed by atoms with E-state index in [0.29, 0.717) is 17.6 Å². The van der Waals surface area contributed by atoms with Crippen molar-refractivity contribution in [1.82, 2.24) is 9.78 Å². The summed E-state index contributed by atoms with van der Waals surface area (Å²) in [5.74, 6) is 1.11. The number of benzene rings is 1. The smallest absolute Gasteiger partial charge is 0.181 e. The van der Waals surface area contributed by atoms with Gasteiger partial charge in [-0.2, -0.15) is 5.10 Å². The van der Waals surface area contributed by atoms with Gasteiger partial charge in [0.15, 0.2) is 12.5 Å². The summed E-state index contributed by atoms with van der Waals surface area (Å²) in [6, 6.07) is 7.79. The lowest BCUT2D eigenvalue weighted by Gasteiger charge is -2.06. The first-order valence-electron chi connectivity index (χ1n) is 4.83.